The number of nitrogens with zero attached hydrogens (tertiary/aromatic N) is 2. The number of aromatic carboxylic acids is 1. The van der Waals surface area contributed by atoms with Gasteiger partial charge in [-0.05, 0) is 13.0 Å². The van der Waals surface area contributed by atoms with E-state index in [4.69, 9.17) is 10.8 Å². The van der Waals surface area contributed by atoms with E-state index in [9.17, 15) is 4.79 Å². The molecule has 0 bridgehead atoms. The van der Waals surface area contributed by atoms with Gasteiger partial charge >= 0.3 is 5.97 Å². The number of nitrogen functional groups attached to an aromatic ring is 1. The predicted molar refractivity (Wildman–Crippen MR) is 69.8 cm³/mol. The van der Waals surface area contributed by atoms with Crippen LogP contribution in [0.15, 0.2) is 17.6 Å². The number of nitrogens with one attached hydrogen (secondary N) is 1. The lowest BCUT2D eigenvalue weighted by atomic mass is 10.2. The Morgan fingerprint density at radius 2 is 2.39 bits per heavy atom. The minimum absolute atomic E-state index is 0.0586. The van der Waals surface area contributed by atoms with Crippen LogP contribution in [0.3, 0.4) is 0 Å². The predicted octanol–water partition coefficient (Wildman–Crippen LogP) is 1.74. The van der Waals surface area contributed by atoms with Crippen LogP contribution in [0.4, 0.5) is 11.5 Å². The molecule has 0 atom stereocenters. The second-order valence-electron chi connectivity index (χ2n) is 3.71. The molecule has 6 nitrogen and oxygen atoms in total. The summed E-state index contributed by atoms with van der Waals surface area (Å²) in [6.45, 7) is 2.35. The standard InChI is InChI=1S/C11H12N4O2S/c1-6-5-18-9(15-6)4-14-10-8(11(16)17)2-7(12)3-13-10/h2-3,5H,4,12H2,1H3,(H,13,14)(H,16,17). The number of aromatic nitrogens is 2. The van der Waals surface area contributed by atoms with Crippen molar-refractivity contribution in [2.75, 3.05) is 11.1 Å². The Kier molecular flexibility index (Phi) is 3.42. The third kappa shape index (κ3) is 2.75. The number of nitrogens with two attached hydrogens (primary N) is 1. The molecule has 7 heteroatoms. The summed E-state index contributed by atoms with van der Waals surface area (Å²) in [5, 5.41) is 14.8. The van der Waals surface area contributed by atoms with E-state index in [1.165, 1.54) is 23.6 Å². The number of pyridine rings is 1. The Labute approximate surface area is 108 Å². The first-order valence-electron chi connectivity index (χ1n) is 5.20. The molecule has 0 aliphatic rings. The van der Waals surface area contributed by atoms with Crippen LogP contribution in [0.1, 0.15) is 21.1 Å². The summed E-state index contributed by atoms with van der Waals surface area (Å²) < 4.78 is 0. The summed E-state index contributed by atoms with van der Waals surface area (Å²) in [7, 11) is 0. The fourth-order valence-corrected chi connectivity index (χ4v) is 2.14. The van der Waals surface area contributed by atoms with Crippen molar-refractivity contribution in [2.24, 2.45) is 0 Å². The van der Waals surface area contributed by atoms with Gasteiger partial charge in [-0.3, -0.25) is 0 Å². The van der Waals surface area contributed by atoms with Gasteiger partial charge in [0.15, 0.2) is 0 Å². The first-order valence-corrected chi connectivity index (χ1v) is 6.08. The number of carboxylic acid groups (broad SMARTS) is 1. The smallest absolute Gasteiger partial charge is 0.339 e. The fraction of sp³-hybridized carbons (Fsp3) is 0.182. The van der Waals surface area contributed by atoms with Crippen molar-refractivity contribution < 1.29 is 9.90 Å². The van der Waals surface area contributed by atoms with E-state index < -0.39 is 5.97 Å². The highest BCUT2D eigenvalue weighted by molar-refractivity contribution is 7.09. The first-order chi connectivity index (χ1) is 8.56. The van der Waals surface area contributed by atoms with E-state index in [1.807, 2.05) is 12.3 Å². The fourth-order valence-electron chi connectivity index (χ4n) is 1.43. The molecule has 2 aromatic heterocycles. The number of carbonyl (C=O) groups is 1. The summed E-state index contributed by atoms with van der Waals surface area (Å²) in [5.41, 5.74) is 6.84. The van der Waals surface area contributed by atoms with Gasteiger partial charge in [0.1, 0.15) is 16.4 Å². The van der Waals surface area contributed by atoms with Crippen molar-refractivity contribution in [3.63, 3.8) is 0 Å². The maximum Gasteiger partial charge on any atom is 0.339 e. The zero-order valence-electron chi connectivity index (χ0n) is 9.67. The van der Waals surface area contributed by atoms with Crippen LogP contribution >= 0.6 is 11.3 Å². The second-order valence-corrected chi connectivity index (χ2v) is 4.65. The third-order valence-electron chi connectivity index (χ3n) is 2.21. The van der Waals surface area contributed by atoms with Crippen molar-refractivity contribution in [3.8, 4) is 0 Å². The Morgan fingerprint density at radius 1 is 1.61 bits per heavy atom. The normalized spacial score (nSPS) is 10.3. The lowest BCUT2D eigenvalue weighted by molar-refractivity contribution is 0.0697. The summed E-state index contributed by atoms with van der Waals surface area (Å²) in [6.07, 6.45) is 1.42. The molecule has 2 heterocycles. The van der Waals surface area contributed by atoms with Gasteiger partial charge in [0.2, 0.25) is 0 Å². The number of thiazole rings is 1. The van der Waals surface area contributed by atoms with Gasteiger partial charge in [-0.25, -0.2) is 14.8 Å². The number of carboxylic acids is 1. The van der Waals surface area contributed by atoms with Crippen molar-refractivity contribution in [2.45, 2.75) is 13.5 Å². The van der Waals surface area contributed by atoms with E-state index in [1.54, 1.807) is 0 Å². The van der Waals surface area contributed by atoms with Gasteiger partial charge < -0.3 is 16.2 Å². The molecule has 0 spiro atoms. The third-order valence-corrected chi connectivity index (χ3v) is 3.18. The highest BCUT2D eigenvalue weighted by atomic mass is 32.1. The lowest BCUT2D eigenvalue weighted by Gasteiger charge is -2.07. The monoisotopic (exact) mass is 264 g/mol. The number of anilines is 2. The van der Waals surface area contributed by atoms with Gasteiger partial charge in [0.25, 0.3) is 0 Å². The van der Waals surface area contributed by atoms with Crippen molar-refractivity contribution in [3.05, 3.63) is 33.9 Å². The van der Waals surface area contributed by atoms with Gasteiger partial charge in [-0.2, -0.15) is 0 Å². The molecule has 0 amide bonds. The average molecular weight is 264 g/mol. The zero-order chi connectivity index (χ0) is 13.1. The van der Waals surface area contributed by atoms with E-state index in [-0.39, 0.29) is 5.56 Å². The molecule has 2 aromatic rings. The van der Waals surface area contributed by atoms with Crippen LogP contribution in [-0.2, 0) is 6.54 Å². The molecule has 0 radical (unpaired) electrons. The molecular formula is C11H12N4O2S. The number of aryl methyl sites for hydroxylation is 1. The number of hydrogen-bond donors (Lipinski definition) is 3. The molecule has 0 saturated heterocycles. The Morgan fingerprint density at radius 3 is 3.00 bits per heavy atom. The minimum atomic E-state index is -1.06. The van der Waals surface area contributed by atoms with Crippen molar-refractivity contribution in [1.29, 1.82) is 0 Å². The van der Waals surface area contributed by atoms with Gasteiger partial charge in [0, 0.05) is 11.1 Å². The maximum atomic E-state index is 11.0. The molecule has 0 aliphatic heterocycles. The Hall–Kier alpha value is -2.15. The van der Waals surface area contributed by atoms with Crippen LogP contribution in [0, 0.1) is 6.92 Å². The minimum Gasteiger partial charge on any atom is -0.478 e. The van der Waals surface area contributed by atoms with Crippen LogP contribution in [-0.4, -0.2) is 21.0 Å². The molecule has 0 aromatic carbocycles. The van der Waals surface area contributed by atoms with E-state index >= 15 is 0 Å². The molecule has 94 valence electrons. The van der Waals surface area contributed by atoms with Crippen LogP contribution < -0.4 is 11.1 Å². The summed E-state index contributed by atoms with van der Waals surface area (Å²) in [5.74, 6) is -0.767. The molecule has 0 unspecified atom stereocenters. The lowest BCUT2D eigenvalue weighted by Crippen LogP contribution is -2.09. The Balaban J connectivity index is 2.16. The molecule has 0 fully saturated rings. The quantitative estimate of drug-likeness (QED) is 0.777. The Bertz CT molecular complexity index is 582. The average Bonchev–Trinajstić information content (AvgIpc) is 2.73. The zero-order valence-corrected chi connectivity index (χ0v) is 10.5. The highest BCUT2D eigenvalue weighted by Crippen LogP contribution is 2.17. The van der Waals surface area contributed by atoms with Gasteiger partial charge in [-0.1, -0.05) is 0 Å². The van der Waals surface area contributed by atoms with Crippen LogP contribution in [0.2, 0.25) is 0 Å². The summed E-state index contributed by atoms with van der Waals surface area (Å²) >= 11 is 1.51. The molecular weight excluding hydrogens is 252 g/mol. The molecule has 0 saturated carbocycles. The maximum absolute atomic E-state index is 11.0. The van der Waals surface area contributed by atoms with Crippen molar-refractivity contribution in [1.82, 2.24) is 9.97 Å². The molecule has 4 N–H and O–H groups in total. The van der Waals surface area contributed by atoms with Crippen molar-refractivity contribution >= 4 is 28.8 Å². The topological polar surface area (TPSA) is 101 Å². The SMILES string of the molecule is Cc1csc(CNc2ncc(N)cc2C(=O)O)n1. The largest absolute Gasteiger partial charge is 0.478 e. The summed E-state index contributed by atoms with van der Waals surface area (Å²) in [4.78, 5) is 19.3. The molecule has 0 aliphatic carbocycles. The van der Waals surface area contributed by atoms with Crippen LogP contribution in [0.25, 0.3) is 0 Å². The molecule has 18 heavy (non-hydrogen) atoms. The highest BCUT2D eigenvalue weighted by Gasteiger charge is 2.12. The van der Waals surface area contributed by atoms with Gasteiger partial charge in [0.05, 0.1) is 18.4 Å². The molecule has 2 rings (SSSR count). The van der Waals surface area contributed by atoms with E-state index in [2.05, 4.69) is 15.3 Å². The van der Waals surface area contributed by atoms with Crippen LogP contribution in [0.5, 0.6) is 0 Å². The first kappa shape index (κ1) is 12.3. The second kappa shape index (κ2) is 5.01. The van der Waals surface area contributed by atoms with E-state index in [0.29, 0.717) is 18.1 Å². The number of rotatable bonds is 4. The number of hydrogen-bond acceptors (Lipinski definition) is 6. The summed E-state index contributed by atoms with van der Waals surface area (Å²) in [6, 6.07) is 1.38. The van der Waals surface area contributed by atoms with Gasteiger partial charge in [-0.15, -0.1) is 11.3 Å². The van der Waals surface area contributed by atoms with E-state index in [0.717, 1.165) is 10.7 Å².